The Balaban J connectivity index is 2.17. The molecule has 1 heterocycles. The van der Waals surface area contributed by atoms with Gasteiger partial charge in [-0.25, -0.2) is 13.2 Å². The van der Waals surface area contributed by atoms with Crippen LogP contribution in [0.15, 0.2) is 12.1 Å². The molecule has 0 bridgehead atoms. The summed E-state index contributed by atoms with van der Waals surface area (Å²) in [5.41, 5.74) is 7.94. The van der Waals surface area contributed by atoms with E-state index in [1.807, 2.05) is 0 Å². The first-order chi connectivity index (χ1) is 9.85. The number of anilines is 2. The highest BCUT2D eigenvalue weighted by Gasteiger charge is 2.30. The summed E-state index contributed by atoms with van der Waals surface area (Å²) >= 11 is 0. The SMILES string of the molecule is COC(=O)c1cc(NCC2CCCS2(=O)=O)cc(C)c1N. The van der Waals surface area contributed by atoms with E-state index >= 15 is 0 Å². The van der Waals surface area contributed by atoms with Crippen molar-refractivity contribution in [1.29, 1.82) is 0 Å². The van der Waals surface area contributed by atoms with Crippen LogP contribution in [-0.2, 0) is 14.6 Å². The molecule has 0 radical (unpaired) electrons. The van der Waals surface area contributed by atoms with Crippen LogP contribution in [0.1, 0.15) is 28.8 Å². The van der Waals surface area contributed by atoms with Gasteiger partial charge in [-0.1, -0.05) is 0 Å². The molecule has 2 rings (SSSR count). The van der Waals surface area contributed by atoms with Crippen molar-refractivity contribution in [2.75, 3.05) is 30.5 Å². The average molecular weight is 312 g/mol. The zero-order chi connectivity index (χ0) is 15.6. The first-order valence-electron chi connectivity index (χ1n) is 6.79. The molecule has 0 aromatic heterocycles. The molecule has 1 saturated heterocycles. The minimum absolute atomic E-state index is 0.257. The third-order valence-corrected chi connectivity index (χ3v) is 6.06. The second-order valence-corrected chi connectivity index (χ2v) is 7.66. The Labute approximate surface area is 124 Å². The van der Waals surface area contributed by atoms with Gasteiger partial charge in [0.15, 0.2) is 9.84 Å². The molecule has 1 aliphatic heterocycles. The molecule has 1 atom stereocenters. The standard InChI is InChI=1S/C14H20N2O4S/c1-9-6-10(7-12(13(9)15)14(17)20-2)16-8-11-4-3-5-21(11,18)19/h6-7,11,16H,3-5,8,15H2,1-2H3. The number of rotatable bonds is 4. The van der Waals surface area contributed by atoms with Gasteiger partial charge >= 0.3 is 5.97 Å². The van der Waals surface area contributed by atoms with E-state index in [0.29, 0.717) is 30.8 Å². The van der Waals surface area contributed by atoms with E-state index in [0.717, 1.165) is 5.56 Å². The van der Waals surface area contributed by atoms with Gasteiger partial charge in [0.1, 0.15) is 0 Å². The molecule has 1 aromatic carbocycles. The summed E-state index contributed by atoms with van der Waals surface area (Å²) in [6, 6.07) is 3.39. The van der Waals surface area contributed by atoms with Crippen LogP contribution in [0.25, 0.3) is 0 Å². The molecule has 0 amide bonds. The van der Waals surface area contributed by atoms with E-state index < -0.39 is 15.8 Å². The average Bonchev–Trinajstić information content (AvgIpc) is 2.78. The molecular weight excluding hydrogens is 292 g/mol. The number of nitrogens with one attached hydrogen (secondary N) is 1. The Morgan fingerprint density at radius 3 is 2.76 bits per heavy atom. The highest BCUT2D eigenvalue weighted by molar-refractivity contribution is 7.92. The number of methoxy groups -OCH3 is 1. The number of hydrogen-bond donors (Lipinski definition) is 2. The van der Waals surface area contributed by atoms with Crippen molar-refractivity contribution in [3.63, 3.8) is 0 Å². The van der Waals surface area contributed by atoms with Crippen LogP contribution in [0.4, 0.5) is 11.4 Å². The molecule has 0 saturated carbocycles. The number of hydrogen-bond acceptors (Lipinski definition) is 6. The van der Waals surface area contributed by atoms with Crippen molar-refractivity contribution in [2.45, 2.75) is 25.0 Å². The fraction of sp³-hybridized carbons (Fsp3) is 0.500. The van der Waals surface area contributed by atoms with Gasteiger partial charge in [0.25, 0.3) is 0 Å². The first-order valence-corrected chi connectivity index (χ1v) is 8.50. The molecule has 1 aliphatic rings. The molecule has 7 heteroatoms. The second-order valence-electron chi connectivity index (χ2n) is 5.26. The van der Waals surface area contributed by atoms with E-state index in [2.05, 4.69) is 5.32 Å². The Bertz CT molecular complexity index is 655. The summed E-state index contributed by atoms with van der Waals surface area (Å²) in [7, 11) is -1.69. The maximum atomic E-state index is 11.8. The molecule has 0 spiro atoms. The van der Waals surface area contributed by atoms with Gasteiger partial charge in [-0.3, -0.25) is 0 Å². The number of benzene rings is 1. The van der Waals surface area contributed by atoms with E-state index in [1.54, 1.807) is 19.1 Å². The summed E-state index contributed by atoms with van der Waals surface area (Å²) in [4.78, 5) is 11.7. The monoisotopic (exact) mass is 312 g/mol. The number of aryl methyl sites for hydroxylation is 1. The molecule has 1 unspecified atom stereocenters. The summed E-state index contributed by atoms with van der Waals surface area (Å²) in [5.74, 6) is -0.249. The zero-order valence-electron chi connectivity index (χ0n) is 12.2. The van der Waals surface area contributed by atoms with Crippen LogP contribution >= 0.6 is 0 Å². The molecule has 0 aliphatic carbocycles. The number of carbonyl (C=O) groups is 1. The van der Waals surface area contributed by atoms with Crippen molar-refractivity contribution in [3.05, 3.63) is 23.3 Å². The van der Waals surface area contributed by atoms with Gasteiger partial charge in [-0.05, 0) is 37.5 Å². The lowest BCUT2D eigenvalue weighted by atomic mass is 10.1. The number of esters is 1. The van der Waals surface area contributed by atoms with E-state index in [1.165, 1.54) is 7.11 Å². The van der Waals surface area contributed by atoms with Gasteiger partial charge in [0, 0.05) is 17.9 Å². The molecule has 21 heavy (non-hydrogen) atoms. The van der Waals surface area contributed by atoms with Gasteiger partial charge < -0.3 is 15.8 Å². The van der Waals surface area contributed by atoms with Crippen LogP contribution in [0.3, 0.4) is 0 Å². The third-order valence-electron chi connectivity index (χ3n) is 3.79. The highest BCUT2D eigenvalue weighted by Crippen LogP contribution is 2.25. The van der Waals surface area contributed by atoms with Crippen molar-refractivity contribution in [3.8, 4) is 0 Å². The maximum Gasteiger partial charge on any atom is 0.340 e. The largest absolute Gasteiger partial charge is 0.465 e. The fourth-order valence-electron chi connectivity index (χ4n) is 2.50. The quantitative estimate of drug-likeness (QED) is 0.643. The summed E-state index contributed by atoms with van der Waals surface area (Å²) < 4.78 is 28.3. The molecule has 1 aromatic rings. The summed E-state index contributed by atoms with van der Waals surface area (Å²) in [6.45, 7) is 2.13. The smallest absolute Gasteiger partial charge is 0.340 e. The lowest BCUT2D eigenvalue weighted by Gasteiger charge is -2.15. The van der Waals surface area contributed by atoms with Gasteiger partial charge in [0.05, 0.1) is 23.7 Å². The molecule has 116 valence electrons. The number of nitrogen functional groups attached to an aromatic ring is 1. The molecule has 1 fully saturated rings. The zero-order valence-corrected chi connectivity index (χ0v) is 13.0. The second kappa shape index (κ2) is 5.93. The minimum Gasteiger partial charge on any atom is -0.465 e. The van der Waals surface area contributed by atoms with Crippen LogP contribution in [-0.4, -0.2) is 39.0 Å². The van der Waals surface area contributed by atoms with E-state index in [4.69, 9.17) is 10.5 Å². The van der Waals surface area contributed by atoms with Crippen molar-refractivity contribution in [1.82, 2.24) is 0 Å². The Morgan fingerprint density at radius 1 is 1.48 bits per heavy atom. The van der Waals surface area contributed by atoms with Crippen LogP contribution in [0.2, 0.25) is 0 Å². The summed E-state index contributed by atoms with van der Waals surface area (Å²) in [5, 5.41) is 2.72. The fourth-order valence-corrected chi connectivity index (χ4v) is 4.26. The Morgan fingerprint density at radius 2 is 2.19 bits per heavy atom. The highest BCUT2D eigenvalue weighted by atomic mass is 32.2. The lowest BCUT2D eigenvalue weighted by molar-refractivity contribution is 0.0602. The van der Waals surface area contributed by atoms with Crippen LogP contribution < -0.4 is 11.1 Å². The van der Waals surface area contributed by atoms with Crippen LogP contribution in [0.5, 0.6) is 0 Å². The summed E-state index contributed by atoms with van der Waals surface area (Å²) in [6.07, 6.45) is 1.38. The minimum atomic E-state index is -2.99. The molecule has 6 nitrogen and oxygen atoms in total. The number of nitrogens with two attached hydrogens (primary N) is 1. The molecular formula is C14H20N2O4S. The van der Waals surface area contributed by atoms with Gasteiger partial charge in [-0.2, -0.15) is 0 Å². The lowest BCUT2D eigenvalue weighted by Crippen LogP contribution is -2.25. The predicted molar refractivity (Wildman–Crippen MR) is 82.2 cm³/mol. The van der Waals surface area contributed by atoms with E-state index in [9.17, 15) is 13.2 Å². The Hall–Kier alpha value is -1.76. The van der Waals surface area contributed by atoms with E-state index in [-0.39, 0.29) is 16.6 Å². The normalized spacial score (nSPS) is 20.2. The first kappa shape index (κ1) is 15.6. The maximum absolute atomic E-state index is 11.8. The van der Waals surface area contributed by atoms with Crippen molar-refractivity contribution < 1.29 is 17.9 Å². The van der Waals surface area contributed by atoms with Gasteiger partial charge in [0.2, 0.25) is 0 Å². The topological polar surface area (TPSA) is 98.5 Å². The van der Waals surface area contributed by atoms with Crippen LogP contribution in [0, 0.1) is 6.92 Å². The number of carbonyl (C=O) groups excluding carboxylic acids is 1. The molecule has 3 N–H and O–H groups in total. The number of ether oxygens (including phenoxy) is 1. The third kappa shape index (κ3) is 3.29. The number of sulfone groups is 1. The predicted octanol–water partition coefficient (Wildman–Crippen LogP) is 1.35. The Kier molecular flexibility index (Phi) is 4.41. The van der Waals surface area contributed by atoms with Crippen molar-refractivity contribution >= 4 is 27.2 Å². The van der Waals surface area contributed by atoms with Gasteiger partial charge in [-0.15, -0.1) is 0 Å². The van der Waals surface area contributed by atoms with Crippen molar-refractivity contribution in [2.24, 2.45) is 0 Å².